The van der Waals surface area contributed by atoms with E-state index in [1.807, 2.05) is 30.3 Å². The van der Waals surface area contributed by atoms with E-state index < -0.39 is 5.97 Å². The molecule has 0 spiro atoms. The molecular formula is C19H23N3O4. The van der Waals surface area contributed by atoms with Crippen molar-refractivity contribution < 1.29 is 19.1 Å². The maximum absolute atomic E-state index is 12.8. The van der Waals surface area contributed by atoms with Crippen molar-refractivity contribution in [2.75, 3.05) is 11.5 Å². The largest absolute Gasteiger partial charge is 0.451 e. The summed E-state index contributed by atoms with van der Waals surface area (Å²) in [6.45, 7) is -0.336. The molecule has 7 nitrogen and oxygen atoms in total. The van der Waals surface area contributed by atoms with Crippen LogP contribution in [0.25, 0.3) is 0 Å². The van der Waals surface area contributed by atoms with Crippen LogP contribution < -0.4 is 10.3 Å². The summed E-state index contributed by atoms with van der Waals surface area (Å²) in [4.78, 5) is 37.7. The zero-order chi connectivity index (χ0) is 18.4. The van der Waals surface area contributed by atoms with Crippen molar-refractivity contribution in [1.29, 1.82) is 0 Å². The average Bonchev–Trinajstić information content (AvgIpc) is 2.68. The van der Waals surface area contributed by atoms with Crippen molar-refractivity contribution >= 4 is 29.2 Å². The Hall–Kier alpha value is -2.70. The highest BCUT2D eigenvalue weighted by molar-refractivity contribution is 6.37. The maximum atomic E-state index is 12.8. The van der Waals surface area contributed by atoms with Gasteiger partial charge >= 0.3 is 5.97 Å². The first-order valence-electron chi connectivity index (χ1n) is 9.05. The second kappa shape index (κ2) is 8.60. The highest BCUT2D eigenvalue weighted by atomic mass is 16.5. The van der Waals surface area contributed by atoms with Gasteiger partial charge in [0.05, 0.1) is 0 Å². The summed E-state index contributed by atoms with van der Waals surface area (Å²) >= 11 is 0. The standard InChI is InChI=1S/C19H23N3O4/c23-17-12-11-16(20-21-17)19(25)26-13-18(24)22(14-7-3-1-4-8-14)15-9-5-2-6-10-15/h1,3-4,7-8,15H,2,5-6,9-13H2,(H,21,23). The van der Waals surface area contributed by atoms with Crippen LogP contribution in [0.1, 0.15) is 44.9 Å². The number of esters is 1. The van der Waals surface area contributed by atoms with Crippen LogP contribution in [0.3, 0.4) is 0 Å². The Kier molecular flexibility index (Phi) is 5.99. The van der Waals surface area contributed by atoms with E-state index in [1.165, 1.54) is 6.42 Å². The van der Waals surface area contributed by atoms with Gasteiger partial charge in [-0.2, -0.15) is 5.10 Å². The number of nitrogens with one attached hydrogen (secondary N) is 1. The molecule has 2 amide bonds. The summed E-state index contributed by atoms with van der Waals surface area (Å²) in [7, 11) is 0. The number of anilines is 1. The number of hydrogen-bond donors (Lipinski definition) is 1. The first-order chi connectivity index (χ1) is 12.6. The van der Waals surface area contributed by atoms with E-state index in [1.54, 1.807) is 4.90 Å². The number of benzene rings is 1. The zero-order valence-corrected chi connectivity index (χ0v) is 14.6. The number of rotatable bonds is 5. The molecule has 0 unspecified atom stereocenters. The van der Waals surface area contributed by atoms with E-state index in [0.29, 0.717) is 0 Å². The van der Waals surface area contributed by atoms with Gasteiger partial charge in [-0.3, -0.25) is 9.59 Å². The monoisotopic (exact) mass is 357 g/mol. The van der Waals surface area contributed by atoms with Crippen molar-refractivity contribution in [1.82, 2.24) is 5.43 Å². The molecule has 0 aromatic heterocycles. The minimum atomic E-state index is -0.657. The van der Waals surface area contributed by atoms with Crippen molar-refractivity contribution in [2.24, 2.45) is 5.10 Å². The molecule has 138 valence electrons. The summed E-state index contributed by atoms with van der Waals surface area (Å²) in [6.07, 6.45) is 5.70. The summed E-state index contributed by atoms with van der Waals surface area (Å²) < 4.78 is 5.16. The summed E-state index contributed by atoms with van der Waals surface area (Å²) in [6, 6.07) is 9.61. The van der Waals surface area contributed by atoms with Crippen molar-refractivity contribution in [2.45, 2.75) is 51.0 Å². The molecule has 2 aliphatic rings. The first-order valence-corrected chi connectivity index (χ1v) is 9.05. The second-order valence-corrected chi connectivity index (χ2v) is 6.56. The summed E-state index contributed by atoms with van der Waals surface area (Å²) in [5.41, 5.74) is 3.22. The number of carbonyl (C=O) groups is 3. The molecule has 0 atom stereocenters. The van der Waals surface area contributed by atoms with Gasteiger partial charge in [0, 0.05) is 24.6 Å². The minimum absolute atomic E-state index is 0.128. The molecule has 0 radical (unpaired) electrons. The Morgan fingerprint density at radius 2 is 1.85 bits per heavy atom. The van der Waals surface area contributed by atoms with Gasteiger partial charge in [-0.15, -0.1) is 0 Å². The van der Waals surface area contributed by atoms with Crippen LogP contribution in [0.5, 0.6) is 0 Å². The average molecular weight is 357 g/mol. The topological polar surface area (TPSA) is 88.1 Å². The Bertz CT molecular complexity index is 696. The number of ether oxygens (including phenoxy) is 1. The lowest BCUT2D eigenvalue weighted by Gasteiger charge is -2.34. The van der Waals surface area contributed by atoms with Crippen LogP contribution in [0.2, 0.25) is 0 Å². The predicted molar refractivity (Wildman–Crippen MR) is 96.6 cm³/mol. The molecule has 1 aromatic carbocycles. The normalized spacial score (nSPS) is 17.8. The van der Waals surface area contributed by atoms with Gasteiger partial charge in [0.1, 0.15) is 5.71 Å². The minimum Gasteiger partial charge on any atom is -0.451 e. The predicted octanol–water partition coefficient (Wildman–Crippen LogP) is 2.16. The molecule has 3 rings (SSSR count). The van der Waals surface area contributed by atoms with E-state index >= 15 is 0 Å². The SMILES string of the molecule is O=C1CCC(C(=O)OCC(=O)N(c2ccccc2)C2CCCCC2)=NN1. The van der Waals surface area contributed by atoms with E-state index in [4.69, 9.17) is 4.74 Å². The molecule has 1 aromatic rings. The quantitative estimate of drug-likeness (QED) is 0.818. The van der Waals surface area contributed by atoms with Gasteiger partial charge < -0.3 is 9.64 Å². The van der Waals surface area contributed by atoms with Crippen LogP contribution >= 0.6 is 0 Å². The third kappa shape index (κ3) is 4.47. The van der Waals surface area contributed by atoms with Crippen LogP contribution in [-0.4, -0.2) is 36.1 Å². The maximum Gasteiger partial charge on any atom is 0.355 e. The molecule has 1 N–H and O–H groups in total. The molecule has 7 heteroatoms. The number of hydrogen-bond acceptors (Lipinski definition) is 5. The number of amides is 2. The molecule has 1 aliphatic heterocycles. The third-order valence-electron chi connectivity index (χ3n) is 4.71. The Morgan fingerprint density at radius 1 is 1.12 bits per heavy atom. The first kappa shape index (κ1) is 18.1. The van der Waals surface area contributed by atoms with E-state index in [0.717, 1.165) is 31.4 Å². The molecule has 0 bridgehead atoms. The Morgan fingerprint density at radius 3 is 2.50 bits per heavy atom. The molecule has 1 saturated carbocycles. The fourth-order valence-corrected chi connectivity index (χ4v) is 3.39. The Labute approximate surface area is 152 Å². The summed E-state index contributed by atoms with van der Waals surface area (Å²) in [5.74, 6) is -1.13. The van der Waals surface area contributed by atoms with Gasteiger partial charge in [0.25, 0.3) is 5.91 Å². The zero-order valence-electron chi connectivity index (χ0n) is 14.6. The van der Waals surface area contributed by atoms with Gasteiger partial charge in [-0.05, 0) is 25.0 Å². The number of hydrazone groups is 1. The van der Waals surface area contributed by atoms with Gasteiger partial charge in [0.2, 0.25) is 5.91 Å². The second-order valence-electron chi connectivity index (χ2n) is 6.56. The molecule has 26 heavy (non-hydrogen) atoms. The number of para-hydroxylation sites is 1. The number of carbonyl (C=O) groups excluding carboxylic acids is 3. The molecule has 0 saturated heterocycles. The van der Waals surface area contributed by atoms with Gasteiger partial charge in [-0.25, -0.2) is 10.2 Å². The number of nitrogens with zero attached hydrogens (tertiary/aromatic N) is 2. The molecule has 1 heterocycles. The van der Waals surface area contributed by atoms with E-state index in [-0.39, 0.29) is 43.0 Å². The fraction of sp³-hybridized carbons (Fsp3) is 0.474. The van der Waals surface area contributed by atoms with E-state index in [2.05, 4.69) is 10.5 Å². The van der Waals surface area contributed by atoms with E-state index in [9.17, 15) is 14.4 Å². The molecule has 1 aliphatic carbocycles. The van der Waals surface area contributed by atoms with Crippen molar-refractivity contribution in [3.05, 3.63) is 30.3 Å². The smallest absolute Gasteiger partial charge is 0.355 e. The van der Waals surface area contributed by atoms with Crippen molar-refractivity contribution in [3.8, 4) is 0 Å². The highest BCUT2D eigenvalue weighted by Crippen LogP contribution is 2.27. The van der Waals surface area contributed by atoms with Crippen LogP contribution in [0.15, 0.2) is 35.4 Å². The van der Waals surface area contributed by atoms with Crippen LogP contribution in [0, 0.1) is 0 Å². The third-order valence-corrected chi connectivity index (χ3v) is 4.71. The van der Waals surface area contributed by atoms with Gasteiger partial charge in [-0.1, -0.05) is 37.5 Å². The van der Waals surface area contributed by atoms with Crippen molar-refractivity contribution in [3.63, 3.8) is 0 Å². The lowest BCUT2D eigenvalue weighted by atomic mass is 9.93. The lowest BCUT2D eigenvalue weighted by Crippen LogP contribution is -2.44. The molecule has 1 fully saturated rings. The van der Waals surface area contributed by atoms with Crippen LogP contribution in [0.4, 0.5) is 5.69 Å². The Balaban J connectivity index is 1.65. The highest BCUT2D eigenvalue weighted by Gasteiger charge is 2.28. The lowest BCUT2D eigenvalue weighted by molar-refractivity contribution is -0.141. The fourth-order valence-electron chi connectivity index (χ4n) is 3.39. The van der Waals surface area contributed by atoms with Crippen LogP contribution in [-0.2, 0) is 19.1 Å². The summed E-state index contributed by atoms with van der Waals surface area (Å²) in [5, 5.41) is 3.70. The molecular weight excluding hydrogens is 334 g/mol. The van der Waals surface area contributed by atoms with Gasteiger partial charge in [0.15, 0.2) is 6.61 Å².